The van der Waals surface area contributed by atoms with Gasteiger partial charge in [-0.2, -0.15) is 0 Å². The van der Waals surface area contributed by atoms with Crippen molar-refractivity contribution < 1.29 is 9.53 Å². The van der Waals surface area contributed by atoms with E-state index < -0.39 is 0 Å². The summed E-state index contributed by atoms with van der Waals surface area (Å²) in [5, 5.41) is 2.65. The summed E-state index contributed by atoms with van der Waals surface area (Å²) in [5.74, 6) is 0.754. The van der Waals surface area contributed by atoms with Crippen LogP contribution in [0.1, 0.15) is 18.8 Å². The molecule has 1 aromatic carbocycles. The lowest BCUT2D eigenvalue weighted by Gasteiger charge is -2.35. The third kappa shape index (κ3) is 2.88. The lowest BCUT2D eigenvalue weighted by atomic mass is 10.1. The Balaban J connectivity index is 1.96. The van der Waals surface area contributed by atoms with Crippen LogP contribution in [0.25, 0.3) is 0 Å². The van der Waals surface area contributed by atoms with Crippen LogP contribution in [-0.4, -0.2) is 42.7 Å². The molecule has 0 saturated carbocycles. The maximum atomic E-state index is 12.0. The van der Waals surface area contributed by atoms with Gasteiger partial charge in [-0.05, 0) is 25.1 Å². The molecule has 0 spiro atoms. The molecule has 0 aliphatic carbocycles. The fourth-order valence-corrected chi connectivity index (χ4v) is 2.86. The number of carbonyl (C=O) groups is 1. The Hall–Kier alpha value is -2.74. The average molecular weight is 330 g/mol. The molecule has 4 N–H and O–H groups in total. The Morgan fingerprint density at radius 3 is 3.08 bits per heavy atom. The number of ether oxygens (including phenoxy) is 1. The van der Waals surface area contributed by atoms with E-state index in [-0.39, 0.29) is 12.2 Å². The zero-order valence-corrected chi connectivity index (χ0v) is 13.8. The molecule has 8 nitrogen and oxygen atoms in total. The van der Waals surface area contributed by atoms with Crippen LogP contribution >= 0.6 is 0 Å². The lowest BCUT2D eigenvalue weighted by molar-refractivity contribution is 0.248. The standard InChI is InChI=1S/C16H22N6O2/c1-3-21(16(23)18-2)11-4-5-14-13(8-11)22(6-7-24-14)15(17)12-9-19-10-20-12/h4-5,8-10,15H,3,6-7,17H2,1-2H3,(H,18,23)(H,19,20). The number of benzene rings is 1. The molecule has 0 bridgehead atoms. The molecule has 1 aromatic heterocycles. The highest BCUT2D eigenvalue weighted by Gasteiger charge is 2.26. The fraction of sp³-hybridized carbons (Fsp3) is 0.375. The Morgan fingerprint density at radius 1 is 1.58 bits per heavy atom. The molecule has 24 heavy (non-hydrogen) atoms. The molecule has 2 aromatic rings. The van der Waals surface area contributed by atoms with E-state index in [9.17, 15) is 4.79 Å². The number of imidazole rings is 1. The van der Waals surface area contributed by atoms with Gasteiger partial charge in [0, 0.05) is 25.5 Å². The number of nitrogens with zero attached hydrogens (tertiary/aromatic N) is 3. The smallest absolute Gasteiger partial charge is 0.321 e. The summed E-state index contributed by atoms with van der Waals surface area (Å²) in [4.78, 5) is 22.9. The predicted octanol–water partition coefficient (Wildman–Crippen LogP) is 1.43. The number of rotatable bonds is 4. The van der Waals surface area contributed by atoms with E-state index in [0.29, 0.717) is 19.7 Å². The minimum Gasteiger partial charge on any atom is -0.490 e. The molecular weight excluding hydrogens is 308 g/mol. The van der Waals surface area contributed by atoms with Crippen LogP contribution in [0.15, 0.2) is 30.7 Å². The number of nitrogens with two attached hydrogens (primary N) is 1. The predicted molar refractivity (Wildman–Crippen MR) is 92.3 cm³/mol. The first kappa shape index (κ1) is 16.1. The molecule has 8 heteroatoms. The molecular formula is C16H22N6O2. The summed E-state index contributed by atoms with van der Waals surface area (Å²) >= 11 is 0. The Labute approximate surface area is 140 Å². The van der Waals surface area contributed by atoms with Crippen molar-refractivity contribution in [1.29, 1.82) is 0 Å². The molecule has 1 unspecified atom stereocenters. The SMILES string of the molecule is CCN(C(=O)NC)c1ccc2c(c1)N(C(N)c1c[nH]cn1)CCO2. The van der Waals surface area contributed by atoms with Crippen molar-refractivity contribution in [2.75, 3.05) is 36.5 Å². The lowest BCUT2D eigenvalue weighted by Crippen LogP contribution is -2.41. The van der Waals surface area contributed by atoms with E-state index in [1.165, 1.54) is 0 Å². The zero-order chi connectivity index (χ0) is 17.1. The van der Waals surface area contributed by atoms with Crippen LogP contribution in [0.5, 0.6) is 5.75 Å². The first-order chi connectivity index (χ1) is 11.7. The Bertz CT molecular complexity index is 703. The van der Waals surface area contributed by atoms with E-state index in [1.54, 1.807) is 24.5 Å². The fourth-order valence-electron chi connectivity index (χ4n) is 2.86. The number of amides is 2. The highest BCUT2D eigenvalue weighted by molar-refractivity contribution is 5.92. The van der Waals surface area contributed by atoms with E-state index >= 15 is 0 Å². The monoisotopic (exact) mass is 330 g/mol. The molecule has 1 aliphatic rings. The third-order valence-electron chi connectivity index (χ3n) is 4.09. The number of hydrogen-bond acceptors (Lipinski definition) is 5. The van der Waals surface area contributed by atoms with Gasteiger partial charge >= 0.3 is 6.03 Å². The molecule has 1 aliphatic heterocycles. The van der Waals surface area contributed by atoms with Gasteiger partial charge < -0.3 is 25.7 Å². The molecule has 0 fully saturated rings. The molecule has 2 heterocycles. The Morgan fingerprint density at radius 2 is 2.42 bits per heavy atom. The molecule has 0 radical (unpaired) electrons. The summed E-state index contributed by atoms with van der Waals surface area (Å²) < 4.78 is 5.73. The average Bonchev–Trinajstić information content (AvgIpc) is 3.15. The van der Waals surface area contributed by atoms with Crippen molar-refractivity contribution in [3.8, 4) is 5.75 Å². The minimum absolute atomic E-state index is 0.155. The highest BCUT2D eigenvalue weighted by atomic mass is 16.5. The van der Waals surface area contributed by atoms with E-state index in [1.807, 2.05) is 30.0 Å². The van der Waals surface area contributed by atoms with Crippen LogP contribution < -0.4 is 25.6 Å². The maximum absolute atomic E-state index is 12.0. The molecule has 0 saturated heterocycles. The van der Waals surface area contributed by atoms with Gasteiger partial charge in [-0.1, -0.05) is 0 Å². The first-order valence-corrected chi connectivity index (χ1v) is 7.92. The van der Waals surface area contributed by atoms with Crippen LogP contribution in [-0.2, 0) is 0 Å². The van der Waals surface area contributed by atoms with Crippen LogP contribution in [0.2, 0.25) is 0 Å². The quantitative estimate of drug-likeness (QED) is 0.787. The number of fused-ring (bicyclic) bond motifs is 1. The van der Waals surface area contributed by atoms with Crippen LogP contribution in [0, 0.1) is 0 Å². The van der Waals surface area contributed by atoms with E-state index in [2.05, 4.69) is 15.3 Å². The number of urea groups is 1. The number of anilines is 2. The number of H-pyrrole nitrogens is 1. The molecule has 128 valence electrons. The van der Waals surface area contributed by atoms with Gasteiger partial charge in [-0.15, -0.1) is 0 Å². The number of aromatic amines is 1. The first-order valence-electron chi connectivity index (χ1n) is 7.92. The summed E-state index contributed by atoms with van der Waals surface area (Å²) in [6, 6.07) is 5.53. The molecule has 1 atom stereocenters. The van der Waals surface area contributed by atoms with Crippen molar-refractivity contribution in [2.24, 2.45) is 5.73 Å². The van der Waals surface area contributed by atoms with Crippen molar-refractivity contribution in [1.82, 2.24) is 15.3 Å². The third-order valence-corrected chi connectivity index (χ3v) is 4.09. The maximum Gasteiger partial charge on any atom is 0.321 e. The summed E-state index contributed by atoms with van der Waals surface area (Å²) in [7, 11) is 1.62. The highest BCUT2D eigenvalue weighted by Crippen LogP contribution is 2.38. The van der Waals surface area contributed by atoms with Gasteiger partial charge in [0.05, 0.1) is 24.3 Å². The summed E-state index contributed by atoms with van der Waals surface area (Å²) in [6.45, 7) is 3.69. The van der Waals surface area contributed by atoms with E-state index in [0.717, 1.165) is 22.8 Å². The van der Waals surface area contributed by atoms with E-state index in [4.69, 9.17) is 10.5 Å². The van der Waals surface area contributed by atoms with Crippen LogP contribution in [0.4, 0.5) is 16.2 Å². The molecule has 3 rings (SSSR count). The van der Waals surface area contributed by atoms with Crippen molar-refractivity contribution in [2.45, 2.75) is 13.1 Å². The number of nitrogens with one attached hydrogen (secondary N) is 2. The molecule has 2 amide bonds. The van der Waals surface area contributed by atoms with Gasteiger partial charge in [-0.3, -0.25) is 4.90 Å². The van der Waals surface area contributed by atoms with Gasteiger partial charge in [0.1, 0.15) is 18.5 Å². The van der Waals surface area contributed by atoms with Crippen molar-refractivity contribution >= 4 is 17.4 Å². The van der Waals surface area contributed by atoms with Crippen LogP contribution in [0.3, 0.4) is 0 Å². The minimum atomic E-state index is -0.385. The van der Waals surface area contributed by atoms with Gasteiger partial charge in [0.25, 0.3) is 0 Å². The topological polar surface area (TPSA) is 99.5 Å². The van der Waals surface area contributed by atoms with Crippen molar-refractivity contribution in [3.63, 3.8) is 0 Å². The number of aromatic nitrogens is 2. The number of carbonyl (C=O) groups excluding carboxylic acids is 1. The van der Waals surface area contributed by atoms with Gasteiger partial charge in [0.2, 0.25) is 0 Å². The summed E-state index contributed by atoms with van der Waals surface area (Å²) in [5.41, 5.74) is 8.77. The normalized spacial score (nSPS) is 14.5. The van der Waals surface area contributed by atoms with Crippen molar-refractivity contribution in [3.05, 3.63) is 36.4 Å². The van der Waals surface area contributed by atoms with Gasteiger partial charge in [0.15, 0.2) is 0 Å². The zero-order valence-electron chi connectivity index (χ0n) is 13.8. The number of hydrogen-bond donors (Lipinski definition) is 3. The second kappa shape index (κ2) is 6.79. The summed E-state index contributed by atoms with van der Waals surface area (Å²) in [6.07, 6.45) is 3.01. The largest absolute Gasteiger partial charge is 0.490 e. The second-order valence-electron chi connectivity index (χ2n) is 5.43. The Kier molecular flexibility index (Phi) is 4.57. The second-order valence-corrected chi connectivity index (χ2v) is 5.43. The van der Waals surface area contributed by atoms with Gasteiger partial charge in [-0.25, -0.2) is 9.78 Å².